The van der Waals surface area contributed by atoms with Crippen LogP contribution in [0.15, 0.2) is 0 Å². The molecule has 0 amide bonds. The van der Waals surface area contributed by atoms with E-state index in [1.807, 2.05) is 0 Å². The third-order valence-electron chi connectivity index (χ3n) is 3.81. The number of hydrogen-bond acceptors (Lipinski definition) is 6. The fraction of sp³-hybridized carbons (Fsp3) is 0.941. The average molecular weight is 397 g/mol. The van der Waals surface area contributed by atoms with Crippen molar-refractivity contribution < 1.29 is 27.6 Å². The van der Waals surface area contributed by atoms with Gasteiger partial charge < -0.3 is 18.2 Å². The first-order chi connectivity index (χ1) is 11.8. The first-order valence-electron chi connectivity index (χ1n) is 9.45. The monoisotopic (exact) mass is 396 g/mol. The lowest BCUT2D eigenvalue weighted by atomic mass is 10.2. The van der Waals surface area contributed by atoms with Crippen molar-refractivity contribution in [2.24, 2.45) is 0 Å². The van der Waals surface area contributed by atoms with Crippen molar-refractivity contribution in [2.45, 2.75) is 78.2 Å². The SMILES string of the molecule is CCCC[Si](C)(C)OCCCC(C(=O)OCC)P(=O)(OCC)OCC. The second kappa shape index (κ2) is 13.0. The fourth-order valence-corrected chi connectivity index (χ4v) is 6.55. The molecule has 0 bridgehead atoms. The molecule has 1 unspecified atom stereocenters. The zero-order valence-corrected chi connectivity index (χ0v) is 18.7. The highest BCUT2D eigenvalue weighted by molar-refractivity contribution is 7.55. The van der Waals surface area contributed by atoms with Crippen molar-refractivity contribution in [3.63, 3.8) is 0 Å². The Labute approximate surface area is 154 Å². The summed E-state index contributed by atoms with van der Waals surface area (Å²) in [6.07, 6.45) is 3.33. The minimum Gasteiger partial charge on any atom is -0.465 e. The second-order valence-corrected chi connectivity index (χ2v) is 13.0. The Kier molecular flexibility index (Phi) is 12.9. The van der Waals surface area contributed by atoms with E-state index in [4.69, 9.17) is 18.2 Å². The van der Waals surface area contributed by atoms with Crippen LogP contribution in [0.25, 0.3) is 0 Å². The molecule has 0 spiro atoms. The van der Waals surface area contributed by atoms with E-state index in [0.29, 0.717) is 19.4 Å². The molecule has 0 aliphatic heterocycles. The number of ether oxygens (including phenoxy) is 1. The summed E-state index contributed by atoms with van der Waals surface area (Å²) in [6, 6.07) is 1.13. The van der Waals surface area contributed by atoms with E-state index in [2.05, 4.69) is 20.0 Å². The second-order valence-electron chi connectivity index (χ2n) is 6.50. The van der Waals surface area contributed by atoms with Gasteiger partial charge >= 0.3 is 13.6 Å². The molecule has 0 aliphatic rings. The van der Waals surface area contributed by atoms with E-state index in [0.717, 1.165) is 12.5 Å². The lowest BCUT2D eigenvalue weighted by molar-refractivity contribution is -0.143. The molecule has 0 aromatic carbocycles. The number of rotatable bonds is 15. The molecule has 150 valence electrons. The van der Waals surface area contributed by atoms with Crippen LogP contribution >= 0.6 is 7.60 Å². The molecule has 6 nitrogen and oxygen atoms in total. The number of hydrogen-bond donors (Lipinski definition) is 0. The summed E-state index contributed by atoms with van der Waals surface area (Å²) in [5.74, 6) is -0.518. The highest BCUT2D eigenvalue weighted by atomic mass is 31.2. The first-order valence-corrected chi connectivity index (χ1v) is 14.2. The van der Waals surface area contributed by atoms with Crippen LogP contribution < -0.4 is 0 Å². The summed E-state index contributed by atoms with van der Waals surface area (Å²) >= 11 is 0. The maximum Gasteiger partial charge on any atom is 0.344 e. The van der Waals surface area contributed by atoms with Crippen molar-refractivity contribution >= 4 is 21.9 Å². The number of unbranched alkanes of at least 4 members (excludes halogenated alkanes) is 1. The molecule has 8 heteroatoms. The minimum absolute atomic E-state index is 0.223. The largest absolute Gasteiger partial charge is 0.465 e. The van der Waals surface area contributed by atoms with E-state index in [1.165, 1.54) is 6.42 Å². The highest BCUT2D eigenvalue weighted by Crippen LogP contribution is 2.55. The van der Waals surface area contributed by atoms with Crippen LogP contribution in [0.4, 0.5) is 0 Å². The molecule has 0 N–H and O–H groups in total. The predicted octanol–water partition coefficient (Wildman–Crippen LogP) is 4.99. The zero-order valence-electron chi connectivity index (χ0n) is 16.8. The van der Waals surface area contributed by atoms with Crippen molar-refractivity contribution in [3.05, 3.63) is 0 Å². The summed E-state index contributed by atoms with van der Waals surface area (Å²) in [5, 5.41) is 0. The smallest absolute Gasteiger partial charge is 0.344 e. The Hall–Kier alpha value is -0.203. The van der Waals surface area contributed by atoms with Crippen molar-refractivity contribution in [1.82, 2.24) is 0 Å². The highest BCUT2D eigenvalue weighted by Gasteiger charge is 2.41. The van der Waals surface area contributed by atoms with E-state index >= 15 is 0 Å². The van der Waals surface area contributed by atoms with Crippen molar-refractivity contribution in [1.29, 1.82) is 0 Å². The standard InChI is InChI=1S/C17H37O6PSi/c1-7-11-15-25(5,6)23-14-12-13-16(17(18)20-8-2)24(19,21-9-3)22-10-4/h16H,7-15H2,1-6H3. The maximum absolute atomic E-state index is 13.0. The van der Waals surface area contributed by atoms with Gasteiger partial charge in [-0.2, -0.15) is 0 Å². The molecule has 1 atom stereocenters. The molecule has 25 heavy (non-hydrogen) atoms. The fourth-order valence-electron chi connectivity index (χ4n) is 2.52. The van der Waals surface area contributed by atoms with Gasteiger partial charge in [0.25, 0.3) is 0 Å². The molecular formula is C17H37O6PSi. The normalized spacial score (nSPS) is 13.7. The lowest BCUT2D eigenvalue weighted by Crippen LogP contribution is -2.31. The Morgan fingerprint density at radius 1 is 1.00 bits per heavy atom. The van der Waals surface area contributed by atoms with Gasteiger partial charge in [0.1, 0.15) is 0 Å². The molecular weight excluding hydrogens is 359 g/mol. The summed E-state index contributed by atoms with van der Waals surface area (Å²) in [4.78, 5) is 12.3. The molecule has 0 saturated carbocycles. The van der Waals surface area contributed by atoms with Crippen LogP contribution in [0.2, 0.25) is 19.1 Å². The minimum atomic E-state index is -3.53. The van der Waals surface area contributed by atoms with Crippen LogP contribution in [-0.4, -0.2) is 46.4 Å². The van der Waals surface area contributed by atoms with Gasteiger partial charge in [-0.3, -0.25) is 9.36 Å². The molecule has 0 aromatic rings. The third kappa shape index (κ3) is 9.90. The Morgan fingerprint density at radius 3 is 2.08 bits per heavy atom. The van der Waals surface area contributed by atoms with Gasteiger partial charge in [0, 0.05) is 6.61 Å². The first kappa shape index (κ1) is 24.8. The molecule has 0 heterocycles. The van der Waals surface area contributed by atoms with Crippen LogP contribution in [0, 0.1) is 0 Å². The summed E-state index contributed by atoms with van der Waals surface area (Å²) in [7, 11) is -5.20. The van der Waals surface area contributed by atoms with Crippen molar-refractivity contribution in [3.8, 4) is 0 Å². The van der Waals surface area contributed by atoms with Gasteiger partial charge in [0.05, 0.1) is 19.8 Å². The third-order valence-corrected chi connectivity index (χ3v) is 8.82. The van der Waals surface area contributed by atoms with Gasteiger partial charge in [0.15, 0.2) is 14.0 Å². The average Bonchev–Trinajstić information content (AvgIpc) is 2.53. The topological polar surface area (TPSA) is 71.1 Å². The number of carbonyl (C=O) groups excluding carboxylic acids is 1. The Morgan fingerprint density at radius 2 is 1.60 bits per heavy atom. The van der Waals surface area contributed by atoms with E-state index in [-0.39, 0.29) is 19.8 Å². The summed E-state index contributed by atoms with van der Waals surface area (Å²) in [5.41, 5.74) is -0.892. The van der Waals surface area contributed by atoms with Gasteiger partial charge in [0.2, 0.25) is 0 Å². The molecule has 0 radical (unpaired) electrons. The lowest BCUT2D eigenvalue weighted by Gasteiger charge is -2.26. The summed E-state index contributed by atoms with van der Waals surface area (Å²) in [6.45, 7) is 13.0. The van der Waals surface area contributed by atoms with Gasteiger partial charge in [-0.25, -0.2) is 0 Å². The quantitative estimate of drug-likeness (QED) is 0.168. The van der Waals surface area contributed by atoms with Gasteiger partial charge in [-0.1, -0.05) is 19.8 Å². The van der Waals surface area contributed by atoms with Crippen LogP contribution in [0.3, 0.4) is 0 Å². The number of carbonyl (C=O) groups is 1. The van der Waals surface area contributed by atoms with Gasteiger partial charge in [-0.05, 0) is 52.8 Å². The summed E-state index contributed by atoms with van der Waals surface area (Å²) < 4.78 is 34.8. The molecule has 0 saturated heterocycles. The van der Waals surface area contributed by atoms with Crippen LogP contribution in [0.1, 0.15) is 53.4 Å². The molecule has 0 fully saturated rings. The van der Waals surface area contributed by atoms with Gasteiger partial charge in [-0.15, -0.1) is 0 Å². The zero-order chi connectivity index (χ0) is 19.3. The van der Waals surface area contributed by atoms with E-state index < -0.39 is 27.5 Å². The molecule has 0 rings (SSSR count). The molecule has 0 aromatic heterocycles. The Balaban J connectivity index is 4.80. The van der Waals surface area contributed by atoms with E-state index in [9.17, 15) is 9.36 Å². The number of esters is 1. The Bertz CT molecular complexity index is 406. The molecule has 0 aliphatic carbocycles. The van der Waals surface area contributed by atoms with Crippen molar-refractivity contribution in [2.75, 3.05) is 26.4 Å². The van der Waals surface area contributed by atoms with E-state index in [1.54, 1.807) is 20.8 Å². The predicted molar refractivity (Wildman–Crippen MR) is 104 cm³/mol. The van der Waals surface area contributed by atoms with Crippen LogP contribution in [-0.2, 0) is 27.6 Å². The maximum atomic E-state index is 13.0. The van der Waals surface area contributed by atoms with Crippen LogP contribution in [0.5, 0.6) is 0 Å².